The van der Waals surface area contributed by atoms with E-state index in [1.807, 2.05) is 38.1 Å². The molecule has 162 valence electrons. The quantitative estimate of drug-likeness (QED) is 0.616. The maximum absolute atomic E-state index is 12.5. The molecule has 0 spiro atoms. The monoisotopic (exact) mass is 412 g/mol. The molecule has 1 aromatic carbocycles. The first kappa shape index (κ1) is 22.2. The lowest BCUT2D eigenvalue weighted by molar-refractivity contribution is 0.0642. The average Bonchev–Trinajstić information content (AvgIpc) is 3.19. The number of carbonyl (C=O) groups excluding carboxylic acids is 1. The first-order chi connectivity index (χ1) is 14.4. The number of rotatable bonds is 9. The molecule has 1 atom stereocenters. The minimum absolute atomic E-state index is 0.267. The summed E-state index contributed by atoms with van der Waals surface area (Å²) in [6.45, 7) is 12.5. The molecule has 2 aromatic rings. The Morgan fingerprint density at radius 2 is 2.03 bits per heavy atom. The van der Waals surface area contributed by atoms with Gasteiger partial charge in [0.1, 0.15) is 6.26 Å². The van der Waals surface area contributed by atoms with Crippen molar-refractivity contribution in [1.82, 2.24) is 14.8 Å². The minimum atomic E-state index is -0.306. The predicted octanol–water partition coefficient (Wildman–Crippen LogP) is 2.99. The van der Waals surface area contributed by atoms with Crippen molar-refractivity contribution in [3.63, 3.8) is 0 Å². The van der Waals surface area contributed by atoms with E-state index in [0.29, 0.717) is 19.0 Å². The van der Waals surface area contributed by atoms with E-state index in [4.69, 9.17) is 4.42 Å². The van der Waals surface area contributed by atoms with Gasteiger partial charge in [-0.2, -0.15) is 0 Å². The smallest absolute Gasteiger partial charge is 0.277 e. The summed E-state index contributed by atoms with van der Waals surface area (Å²) in [5, 5.41) is 13.0. The summed E-state index contributed by atoms with van der Waals surface area (Å²) in [6.07, 6.45) is 4.55. The number of hydrogen-bond acceptors (Lipinski definition) is 6. The third-order valence-electron chi connectivity index (χ3n) is 5.42. The zero-order valence-corrected chi connectivity index (χ0v) is 17.9. The Morgan fingerprint density at radius 3 is 2.77 bits per heavy atom. The number of oxazole rings is 1. The molecule has 1 aliphatic heterocycles. The highest BCUT2D eigenvalue weighted by molar-refractivity contribution is 6.03. The number of aliphatic hydroxyl groups excluding tert-OH is 1. The zero-order valence-electron chi connectivity index (χ0n) is 17.9. The van der Waals surface area contributed by atoms with Crippen molar-refractivity contribution in [3.05, 3.63) is 59.8 Å². The van der Waals surface area contributed by atoms with Gasteiger partial charge in [-0.3, -0.25) is 14.6 Å². The van der Waals surface area contributed by atoms with E-state index in [0.717, 1.165) is 55.8 Å². The molecule has 1 unspecified atom stereocenters. The zero-order chi connectivity index (χ0) is 21.5. The molecule has 7 nitrogen and oxygen atoms in total. The Morgan fingerprint density at radius 1 is 1.30 bits per heavy atom. The van der Waals surface area contributed by atoms with Gasteiger partial charge in [0, 0.05) is 38.4 Å². The summed E-state index contributed by atoms with van der Waals surface area (Å²) >= 11 is 0. The predicted molar refractivity (Wildman–Crippen MR) is 118 cm³/mol. The average molecular weight is 413 g/mol. The van der Waals surface area contributed by atoms with E-state index >= 15 is 0 Å². The molecule has 1 aliphatic rings. The summed E-state index contributed by atoms with van der Waals surface area (Å²) in [5.41, 5.74) is 3.17. The third kappa shape index (κ3) is 6.26. The number of benzene rings is 1. The number of aryl methyl sites for hydroxylation is 2. The minimum Gasteiger partial charge on any atom is -0.447 e. The van der Waals surface area contributed by atoms with E-state index < -0.39 is 0 Å². The molecule has 0 saturated carbocycles. The van der Waals surface area contributed by atoms with Crippen molar-refractivity contribution >= 4 is 11.6 Å². The summed E-state index contributed by atoms with van der Waals surface area (Å²) in [6, 6.07) is 5.94. The van der Waals surface area contributed by atoms with Gasteiger partial charge in [-0.25, -0.2) is 4.98 Å². The molecule has 1 aromatic heterocycles. The van der Waals surface area contributed by atoms with Gasteiger partial charge in [0.05, 0.1) is 12.6 Å². The molecule has 3 rings (SSSR count). The maximum Gasteiger partial charge on any atom is 0.277 e. The lowest BCUT2D eigenvalue weighted by Crippen LogP contribution is -2.48. The lowest BCUT2D eigenvalue weighted by Gasteiger charge is -2.34. The Labute approximate surface area is 178 Å². The molecule has 0 bridgehead atoms. The van der Waals surface area contributed by atoms with Crippen LogP contribution < -0.4 is 5.32 Å². The van der Waals surface area contributed by atoms with Crippen LogP contribution in [-0.4, -0.2) is 64.6 Å². The second-order valence-electron chi connectivity index (χ2n) is 8.00. The molecule has 0 aliphatic carbocycles. The van der Waals surface area contributed by atoms with Crippen LogP contribution in [0.2, 0.25) is 0 Å². The molecule has 30 heavy (non-hydrogen) atoms. The first-order valence-electron chi connectivity index (χ1n) is 10.5. The molecule has 2 heterocycles. The summed E-state index contributed by atoms with van der Waals surface area (Å²) < 4.78 is 5.54. The van der Waals surface area contributed by atoms with Crippen LogP contribution in [0.1, 0.15) is 40.3 Å². The van der Waals surface area contributed by atoms with Crippen molar-refractivity contribution in [3.8, 4) is 0 Å². The molecule has 0 radical (unpaired) electrons. The highest BCUT2D eigenvalue weighted by atomic mass is 16.3. The number of aliphatic hydroxyl groups is 1. The van der Waals surface area contributed by atoms with Crippen molar-refractivity contribution in [1.29, 1.82) is 0 Å². The summed E-state index contributed by atoms with van der Waals surface area (Å²) in [7, 11) is 0. The van der Waals surface area contributed by atoms with Crippen LogP contribution in [0.3, 0.4) is 0 Å². The normalized spacial score (nSPS) is 16.4. The van der Waals surface area contributed by atoms with Crippen LogP contribution >= 0.6 is 0 Å². The summed E-state index contributed by atoms with van der Waals surface area (Å²) in [4.78, 5) is 21.4. The Hall–Kier alpha value is -2.48. The van der Waals surface area contributed by atoms with Crippen molar-refractivity contribution in [2.24, 2.45) is 0 Å². The third-order valence-corrected chi connectivity index (χ3v) is 5.42. The molecule has 2 N–H and O–H groups in total. The number of anilines is 1. The fourth-order valence-corrected chi connectivity index (χ4v) is 3.57. The standard InChI is InChI=1S/C23H32N4O3/c1-4-5-6-19(28)14-26-9-11-27(12-10-26)15-22-24-21(16-30-22)23(29)25-20-13-17(2)7-8-18(20)3/h4,7-8,13,16,19,28H,1,5-6,9-12,14-15H2,2-3H3,(H,25,29). The van der Waals surface area contributed by atoms with Gasteiger partial charge in [-0.15, -0.1) is 6.58 Å². The Balaban J connectivity index is 1.47. The fourth-order valence-electron chi connectivity index (χ4n) is 3.57. The van der Waals surface area contributed by atoms with E-state index in [2.05, 4.69) is 26.7 Å². The number of β-amino-alcohol motifs (C(OH)–C–C–N with tert-alkyl or cyclic N) is 1. The van der Waals surface area contributed by atoms with E-state index in [9.17, 15) is 9.90 Å². The van der Waals surface area contributed by atoms with Crippen molar-refractivity contribution < 1.29 is 14.3 Å². The number of amides is 1. The number of nitrogens with zero attached hydrogens (tertiary/aromatic N) is 3. The molecular weight excluding hydrogens is 380 g/mol. The molecule has 7 heteroatoms. The van der Waals surface area contributed by atoms with Crippen LogP contribution in [0.4, 0.5) is 5.69 Å². The highest BCUT2D eigenvalue weighted by Crippen LogP contribution is 2.18. The van der Waals surface area contributed by atoms with E-state index in [-0.39, 0.29) is 17.7 Å². The Bertz CT molecular complexity index is 856. The largest absolute Gasteiger partial charge is 0.447 e. The lowest BCUT2D eigenvalue weighted by atomic mass is 10.1. The molecule has 1 fully saturated rings. The molecule has 1 saturated heterocycles. The highest BCUT2D eigenvalue weighted by Gasteiger charge is 2.21. The van der Waals surface area contributed by atoms with Gasteiger partial charge in [0.15, 0.2) is 5.69 Å². The number of nitrogens with one attached hydrogen (secondary N) is 1. The van der Waals surface area contributed by atoms with Crippen LogP contribution in [0.25, 0.3) is 0 Å². The first-order valence-corrected chi connectivity index (χ1v) is 10.5. The van der Waals surface area contributed by atoms with Crippen molar-refractivity contribution in [2.45, 2.75) is 39.3 Å². The Kier molecular flexibility index (Phi) is 7.79. The van der Waals surface area contributed by atoms with Crippen LogP contribution in [0, 0.1) is 13.8 Å². The number of piperazine rings is 1. The maximum atomic E-state index is 12.5. The second-order valence-corrected chi connectivity index (χ2v) is 8.00. The molecule has 1 amide bonds. The van der Waals surface area contributed by atoms with Crippen LogP contribution in [0.5, 0.6) is 0 Å². The van der Waals surface area contributed by atoms with Gasteiger partial charge >= 0.3 is 0 Å². The van der Waals surface area contributed by atoms with E-state index in [1.165, 1.54) is 6.26 Å². The SMILES string of the molecule is C=CCCC(O)CN1CCN(Cc2nc(C(=O)Nc3cc(C)ccc3C)co2)CC1. The van der Waals surface area contributed by atoms with Gasteiger partial charge < -0.3 is 14.8 Å². The van der Waals surface area contributed by atoms with Gasteiger partial charge in [0.2, 0.25) is 5.89 Å². The molecular formula is C23H32N4O3. The number of carbonyl (C=O) groups is 1. The van der Waals surface area contributed by atoms with Crippen molar-refractivity contribution in [2.75, 3.05) is 38.0 Å². The van der Waals surface area contributed by atoms with Crippen LogP contribution in [0.15, 0.2) is 41.5 Å². The fraction of sp³-hybridized carbons (Fsp3) is 0.478. The van der Waals surface area contributed by atoms with Gasteiger partial charge in [0.25, 0.3) is 5.91 Å². The van der Waals surface area contributed by atoms with E-state index in [1.54, 1.807) is 0 Å². The van der Waals surface area contributed by atoms with Gasteiger partial charge in [-0.05, 0) is 43.9 Å². The number of allylic oxidation sites excluding steroid dienone is 1. The van der Waals surface area contributed by atoms with Gasteiger partial charge in [-0.1, -0.05) is 18.2 Å². The topological polar surface area (TPSA) is 81.8 Å². The summed E-state index contributed by atoms with van der Waals surface area (Å²) in [5.74, 6) is 0.276. The van der Waals surface area contributed by atoms with Crippen LogP contribution in [-0.2, 0) is 6.54 Å². The second kappa shape index (κ2) is 10.5. The number of hydrogen-bond donors (Lipinski definition) is 2. The number of aromatic nitrogens is 1.